The number of carbonyl (C=O) groups excluding carboxylic acids is 1. The second-order valence-electron chi connectivity index (χ2n) is 3.24. The van der Waals surface area contributed by atoms with Crippen LogP contribution in [0.1, 0.15) is 27.4 Å². The first-order chi connectivity index (χ1) is 7.11. The fourth-order valence-corrected chi connectivity index (χ4v) is 4.95. The molecule has 80 valence electrons. The Morgan fingerprint density at radius 2 is 2.13 bits per heavy atom. The lowest BCUT2D eigenvalue weighted by Gasteiger charge is -2.13. The van der Waals surface area contributed by atoms with E-state index in [4.69, 9.17) is 4.52 Å². The number of carbonyl (C=O) groups is 1. The Kier molecular flexibility index (Phi) is 2.84. The topological polar surface area (TPSA) is 43.4 Å². The fraction of sp³-hybridized carbons (Fsp3) is 0.300. The highest BCUT2D eigenvalue weighted by Crippen LogP contribution is 2.70. The third-order valence-corrected chi connectivity index (χ3v) is 6.78. The fourth-order valence-electron chi connectivity index (χ4n) is 1.67. The smallest absolute Gasteiger partial charge is 0.289 e. The van der Waals surface area contributed by atoms with Crippen molar-refractivity contribution >= 4 is 28.8 Å². The summed E-state index contributed by atoms with van der Waals surface area (Å²) in [5.74, 6) is 0. The molecule has 2 rings (SSSR count). The van der Waals surface area contributed by atoms with Crippen LogP contribution >= 0.6 is 23.3 Å². The molecular weight excluding hydrogens is 279 g/mol. The van der Waals surface area contributed by atoms with Gasteiger partial charge in [-0.25, -0.2) is 0 Å². The first-order valence-corrected chi connectivity index (χ1v) is 7.24. The van der Waals surface area contributed by atoms with Gasteiger partial charge in [0.1, 0.15) is 4.57 Å². The van der Waals surface area contributed by atoms with E-state index in [1.807, 2.05) is 6.07 Å². The number of hydrogen-bond donors (Lipinski definition) is 0. The molecule has 0 bridgehead atoms. The Bertz CT molecular complexity index is 458. The van der Waals surface area contributed by atoms with Crippen LogP contribution in [0.4, 0.5) is 0 Å². The highest BCUT2D eigenvalue weighted by Gasteiger charge is 2.49. The summed E-state index contributed by atoms with van der Waals surface area (Å²) in [5, 5.41) is 0. The Labute approximate surface area is 96.4 Å². The molecule has 15 heavy (non-hydrogen) atoms. The molecule has 1 aromatic carbocycles. The number of rotatable bonds is 2. The molecule has 2 unspecified atom stereocenters. The molecule has 1 aliphatic heterocycles. The van der Waals surface area contributed by atoms with Crippen LogP contribution in [0.3, 0.4) is 0 Å². The maximum atomic E-state index is 12.3. The van der Waals surface area contributed by atoms with Crippen LogP contribution in [0.15, 0.2) is 24.3 Å². The van der Waals surface area contributed by atoms with Gasteiger partial charge in [-0.05, 0) is 12.5 Å². The lowest BCUT2D eigenvalue weighted by molar-refractivity contribution is 0.105. The third kappa shape index (κ3) is 1.52. The molecule has 1 aromatic rings. The minimum Gasteiger partial charge on any atom is -0.322 e. The standard InChI is InChI=1S/C10H10BrO3P/c1-2-14-15(13)9(11)7-5-3-4-6-8(7)10(15)12/h3-6,9H,2H2,1H3. The lowest BCUT2D eigenvalue weighted by atomic mass is 10.1. The molecule has 0 fully saturated rings. The summed E-state index contributed by atoms with van der Waals surface area (Å²) in [6.07, 6.45) is 0. The Morgan fingerprint density at radius 3 is 2.73 bits per heavy atom. The summed E-state index contributed by atoms with van der Waals surface area (Å²) in [7, 11) is -3.26. The van der Waals surface area contributed by atoms with Crippen LogP contribution in [0.5, 0.6) is 0 Å². The van der Waals surface area contributed by atoms with Crippen molar-refractivity contribution in [3.63, 3.8) is 0 Å². The average Bonchev–Trinajstić information content (AvgIpc) is 2.43. The predicted molar refractivity (Wildman–Crippen MR) is 61.7 cm³/mol. The molecule has 0 aromatic heterocycles. The van der Waals surface area contributed by atoms with Gasteiger partial charge in [0.2, 0.25) is 5.52 Å². The van der Waals surface area contributed by atoms with Crippen molar-refractivity contribution in [2.75, 3.05) is 6.61 Å². The molecule has 0 aliphatic carbocycles. The van der Waals surface area contributed by atoms with Crippen molar-refractivity contribution in [3.05, 3.63) is 35.4 Å². The van der Waals surface area contributed by atoms with E-state index in [2.05, 4.69) is 15.9 Å². The molecule has 0 spiro atoms. The monoisotopic (exact) mass is 288 g/mol. The lowest BCUT2D eigenvalue weighted by Crippen LogP contribution is -1.98. The van der Waals surface area contributed by atoms with Gasteiger partial charge in [0.15, 0.2) is 0 Å². The van der Waals surface area contributed by atoms with Gasteiger partial charge in [-0.3, -0.25) is 9.36 Å². The summed E-state index contributed by atoms with van der Waals surface area (Å²) in [6.45, 7) is 2.01. The molecule has 3 nitrogen and oxygen atoms in total. The summed E-state index contributed by atoms with van der Waals surface area (Å²) >= 11 is 3.29. The summed E-state index contributed by atoms with van der Waals surface area (Å²) < 4.78 is 17.0. The Balaban J connectivity index is 2.54. The van der Waals surface area contributed by atoms with E-state index in [1.165, 1.54) is 0 Å². The maximum absolute atomic E-state index is 12.3. The number of hydrogen-bond acceptors (Lipinski definition) is 3. The van der Waals surface area contributed by atoms with Crippen LogP contribution in [-0.2, 0) is 9.09 Å². The summed E-state index contributed by atoms with van der Waals surface area (Å²) in [4.78, 5) is 11.9. The van der Waals surface area contributed by atoms with Gasteiger partial charge < -0.3 is 4.52 Å². The molecule has 0 radical (unpaired) electrons. The molecular formula is C10H10BrO3P. The van der Waals surface area contributed by atoms with Crippen LogP contribution in [0.25, 0.3) is 0 Å². The van der Waals surface area contributed by atoms with E-state index < -0.39 is 11.9 Å². The van der Waals surface area contributed by atoms with Crippen molar-refractivity contribution in [2.24, 2.45) is 0 Å². The SMILES string of the molecule is CCOP1(=O)C(=O)c2ccccc2C1Br. The number of alkyl halides is 1. The highest BCUT2D eigenvalue weighted by molar-refractivity contribution is 9.10. The Morgan fingerprint density at radius 1 is 1.47 bits per heavy atom. The van der Waals surface area contributed by atoms with Gasteiger partial charge >= 0.3 is 0 Å². The molecule has 0 saturated heterocycles. The molecule has 5 heteroatoms. The van der Waals surface area contributed by atoms with Gasteiger partial charge in [-0.15, -0.1) is 0 Å². The molecule has 0 saturated carbocycles. The van der Waals surface area contributed by atoms with Gasteiger partial charge in [0.25, 0.3) is 7.37 Å². The van der Waals surface area contributed by atoms with Crippen molar-refractivity contribution in [2.45, 2.75) is 11.5 Å². The van der Waals surface area contributed by atoms with Crippen LogP contribution in [-0.4, -0.2) is 12.1 Å². The van der Waals surface area contributed by atoms with Crippen molar-refractivity contribution in [1.29, 1.82) is 0 Å². The van der Waals surface area contributed by atoms with E-state index >= 15 is 0 Å². The van der Waals surface area contributed by atoms with Gasteiger partial charge in [-0.2, -0.15) is 0 Å². The predicted octanol–water partition coefficient (Wildman–Crippen LogP) is 3.55. The van der Waals surface area contributed by atoms with Crippen molar-refractivity contribution in [3.8, 4) is 0 Å². The normalized spacial score (nSPS) is 29.2. The third-order valence-electron chi connectivity index (χ3n) is 2.35. The zero-order valence-electron chi connectivity index (χ0n) is 8.14. The number of fused-ring (bicyclic) bond motifs is 1. The Hall–Kier alpha value is -0.440. The summed E-state index contributed by atoms with van der Waals surface area (Å²) in [5.41, 5.74) is 0.900. The quantitative estimate of drug-likeness (QED) is 0.617. The zero-order valence-corrected chi connectivity index (χ0v) is 10.6. The van der Waals surface area contributed by atoms with Crippen LogP contribution < -0.4 is 0 Å². The molecule has 0 amide bonds. The van der Waals surface area contributed by atoms with E-state index in [-0.39, 0.29) is 12.1 Å². The number of benzene rings is 1. The molecule has 1 aliphatic rings. The van der Waals surface area contributed by atoms with E-state index in [9.17, 15) is 9.36 Å². The van der Waals surface area contributed by atoms with E-state index in [0.717, 1.165) is 5.56 Å². The maximum Gasteiger partial charge on any atom is 0.289 e. The first kappa shape index (κ1) is 11.1. The van der Waals surface area contributed by atoms with Crippen LogP contribution in [0.2, 0.25) is 0 Å². The van der Waals surface area contributed by atoms with Crippen LogP contribution in [0, 0.1) is 0 Å². The summed E-state index contributed by atoms with van der Waals surface area (Å²) in [6, 6.07) is 7.07. The largest absolute Gasteiger partial charge is 0.322 e. The molecule has 2 atom stereocenters. The zero-order chi connectivity index (χ0) is 11.1. The van der Waals surface area contributed by atoms with Gasteiger partial charge in [0, 0.05) is 5.56 Å². The second-order valence-corrected chi connectivity index (χ2v) is 7.24. The second kappa shape index (κ2) is 3.85. The van der Waals surface area contributed by atoms with E-state index in [1.54, 1.807) is 25.1 Å². The van der Waals surface area contributed by atoms with Gasteiger partial charge in [0.05, 0.1) is 6.61 Å². The minimum absolute atomic E-state index is 0.277. The molecule has 0 N–H and O–H groups in total. The van der Waals surface area contributed by atoms with Crippen molar-refractivity contribution in [1.82, 2.24) is 0 Å². The highest BCUT2D eigenvalue weighted by atomic mass is 79.9. The van der Waals surface area contributed by atoms with Crippen molar-refractivity contribution < 1.29 is 13.9 Å². The van der Waals surface area contributed by atoms with E-state index in [0.29, 0.717) is 5.56 Å². The first-order valence-electron chi connectivity index (χ1n) is 4.63. The number of halogens is 1. The molecule has 1 heterocycles. The average molecular weight is 289 g/mol. The minimum atomic E-state index is -3.26. The van der Waals surface area contributed by atoms with Gasteiger partial charge in [-0.1, -0.05) is 40.2 Å².